The zero-order valence-corrected chi connectivity index (χ0v) is 17.5. The SMILES string of the molecule is CCOC(=O)OC1=C(c2c(C)cc(C)cc2CC)C(=O)CC12CCC(F)(F)CC2. The van der Waals surface area contributed by atoms with Crippen molar-refractivity contribution in [3.05, 3.63) is 40.1 Å². The van der Waals surface area contributed by atoms with Crippen molar-refractivity contribution in [3.8, 4) is 0 Å². The highest BCUT2D eigenvalue weighted by molar-refractivity contribution is 6.25. The molecule has 1 aromatic carbocycles. The number of carbonyl (C=O) groups is 2. The van der Waals surface area contributed by atoms with Crippen molar-refractivity contribution in [3.63, 3.8) is 0 Å². The standard InChI is InChI=1S/C23H28F2O4/c1-5-16-12-14(3)11-15(4)18(16)19-17(26)13-22(7-9-23(24,25)10-8-22)20(19)29-21(27)28-6-2/h11-12H,5-10,13H2,1-4H3. The second kappa shape index (κ2) is 7.88. The van der Waals surface area contributed by atoms with E-state index in [1.54, 1.807) is 6.92 Å². The maximum Gasteiger partial charge on any atom is 0.513 e. The number of ketones is 1. The smallest absolute Gasteiger partial charge is 0.434 e. The van der Waals surface area contributed by atoms with E-state index in [2.05, 4.69) is 0 Å². The van der Waals surface area contributed by atoms with Gasteiger partial charge in [0.25, 0.3) is 0 Å². The van der Waals surface area contributed by atoms with Crippen molar-refractivity contribution in [1.82, 2.24) is 0 Å². The lowest BCUT2D eigenvalue weighted by molar-refractivity contribution is -0.117. The number of aryl methyl sites for hydroxylation is 3. The minimum Gasteiger partial charge on any atom is -0.434 e. The lowest BCUT2D eigenvalue weighted by Crippen LogP contribution is -2.34. The molecule has 1 aromatic rings. The van der Waals surface area contributed by atoms with E-state index in [4.69, 9.17) is 9.47 Å². The number of hydrogen-bond acceptors (Lipinski definition) is 4. The first-order valence-corrected chi connectivity index (χ1v) is 10.2. The van der Waals surface area contributed by atoms with E-state index in [9.17, 15) is 18.4 Å². The highest BCUT2D eigenvalue weighted by atomic mass is 19.3. The number of allylic oxidation sites excluding steroid dienone is 2. The summed E-state index contributed by atoms with van der Waals surface area (Å²) in [7, 11) is 0. The fourth-order valence-electron chi connectivity index (χ4n) is 4.70. The Morgan fingerprint density at radius 3 is 2.34 bits per heavy atom. The molecule has 0 heterocycles. The third-order valence-corrected chi connectivity index (χ3v) is 6.07. The minimum absolute atomic E-state index is 0.0869. The van der Waals surface area contributed by atoms with Gasteiger partial charge < -0.3 is 9.47 Å². The topological polar surface area (TPSA) is 52.6 Å². The van der Waals surface area contributed by atoms with Crippen LogP contribution in [0.15, 0.2) is 17.9 Å². The molecule has 2 aliphatic rings. The number of hydrogen-bond donors (Lipinski definition) is 0. The van der Waals surface area contributed by atoms with Crippen LogP contribution in [0.3, 0.4) is 0 Å². The van der Waals surface area contributed by atoms with Gasteiger partial charge in [-0.15, -0.1) is 0 Å². The van der Waals surface area contributed by atoms with Gasteiger partial charge in [0.15, 0.2) is 5.78 Å². The summed E-state index contributed by atoms with van der Waals surface area (Å²) in [4.78, 5) is 25.4. The molecule has 6 heteroatoms. The Bertz CT molecular complexity index is 860. The molecule has 1 fully saturated rings. The van der Waals surface area contributed by atoms with Crippen LogP contribution in [-0.4, -0.2) is 24.5 Å². The molecule has 0 aliphatic heterocycles. The normalized spacial score (nSPS) is 20.3. The van der Waals surface area contributed by atoms with Gasteiger partial charge in [-0.2, -0.15) is 0 Å². The molecular formula is C23H28F2O4. The molecule has 0 saturated heterocycles. The van der Waals surface area contributed by atoms with Gasteiger partial charge >= 0.3 is 6.16 Å². The van der Waals surface area contributed by atoms with Crippen LogP contribution in [-0.2, 0) is 20.7 Å². The van der Waals surface area contributed by atoms with Crippen molar-refractivity contribution in [2.45, 2.75) is 72.1 Å². The van der Waals surface area contributed by atoms with E-state index in [1.165, 1.54) is 0 Å². The number of alkyl halides is 2. The van der Waals surface area contributed by atoms with Gasteiger partial charge in [-0.05, 0) is 56.7 Å². The number of benzene rings is 1. The summed E-state index contributed by atoms with van der Waals surface area (Å²) in [6.45, 7) is 7.70. The van der Waals surface area contributed by atoms with Crippen LogP contribution in [0.1, 0.15) is 68.2 Å². The van der Waals surface area contributed by atoms with Crippen LogP contribution in [0, 0.1) is 19.3 Å². The van der Waals surface area contributed by atoms with Crippen molar-refractivity contribution in [1.29, 1.82) is 0 Å². The van der Waals surface area contributed by atoms with Crippen LogP contribution in [0.5, 0.6) is 0 Å². The van der Waals surface area contributed by atoms with Crippen LogP contribution < -0.4 is 0 Å². The van der Waals surface area contributed by atoms with E-state index in [-0.39, 0.29) is 50.3 Å². The number of ether oxygens (including phenoxy) is 2. The van der Waals surface area contributed by atoms with Gasteiger partial charge in [-0.3, -0.25) is 4.79 Å². The predicted octanol–water partition coefficient (Wildman–Crippen LogP) is 5.92. The molecule has 4 nitrogen and oxygen atoms in total. The van der Waals surface area contributed by atoms with Gasteiger partial charge in [0.1, 0.15) is 5.76 Å². The molecular weight excluding hydrogens is 378 g/mol. The van der Waals surface area contributed by atoms with E-state index in [0.29, 0.717) is 12.0 Å². The molecule has 3 rings (SSSR count). The van der Waals surface area contributed by atoms with E-state index in [1.807, 2.05) is 32.9 Å². The molecule has 1 saturated carbocycles. The Morgan fingerprint density at radius 1 is 1.10 bits per heavy atom. The van der Waals surface area contributed by atoms with E-state index < -0.39 is 17.5 Å². The minimum atomic E-state index is -2.75. The molecule has 0 atom stereocenters. The summed E-state index contributed by atoms with van der Waals surface area (Å²) < 4.78 is 38.3. The highest BCUT2D eigenvalue weighted by Crippen LogP contribution is 2.56. The first kappa shape index (κ1) is 21.5. The average Bonchev–Trinajstić information content (AvgIpc) is 2.89. The summed E-state index contributed by atoms with van der Waals surface area (Å²) in [6.07, 6.45) is -0.537. The Morgan fingerprint density at radius 2 is 1.76 bits per heavy atom. The third-order valence-electron chi connectivity index (χ3n) is 6.07. The van der Waals surface area contributed by atoms with E-state index >= 15 is 0 Å². The molecule has 0 unspecified atom stereocenters. The van der Waals surface area contributed by atoms with Crippen LogP contribution in [0.25, 0.3) is 5.57 Å². The molecule has 1 spiro atoms. The summed E-state index contributed by atoms with van der Waals surface area (Å²) in [5.74, 6) is -2.69. The lowest BCUT2D eigenvalue weighted by Gasteiger charge is -2.37. The Balaban J connectivity index is 2.18. The zero-order valence-electron chi connectivity index (χ0n) is 17.5. The second-order valence-corrected chi connectivity index (χ2v) is 8.19. The number of Topliss-reactive ketones (excluding diaryl/α,β-unsaturated/α-hetero) is 1. The third kappa shape index (κ3) is 4.07. The lowest BCUT2D eigenvalue weighted by atomic mass is 9.71. The molecule has 0 N–H and O–H groups in total. The number of halogens is 2. The monoisotopic (exact) mass is 406 g/mol. The van der Waals surface area contributed by atoms with Crippen LogP contribution >= 0.6 is 0 Å². The first-order valence-electron chi connectivity index (χ1n) is 10.2. The predicted molar refractivity (Wildman–Crippen MR) is 106 cm³/mol. The number of rotatable bonds is 4. The molecule has 0 amide bonds. The Hall–Kier alpha value is -2.24. The molecule has 0 bridgehead atoms. The number of carbonyl (C=O) groups excluding carboxylic acids is 2. The maximum absolute atomic E-state index is 13.9. The van der Waals surface area contributed by atoms with Crippen molar-refractivity contribution < 1.29 is 27.8 Å². The van der Waals surface area contributed by atoms with Crippen molar-refractivity contribution >= 4 is 17.5 Å². The highest BCUT2D eigenvalue weighted by Gasteiger charge is 2.53. The van der Waals surface area contributed by atoms with E-state index in [0.717, 1.165) is 22.3 Å². The van der Waals surface area contributed by atoms with Gasteiger partial charge in [-0.25, -0.2) is 13.6 Å². The molecule has 158 valence electrons. The summed E-state index contributed by atoms with van der Waals surface area (Å²) >= 11 is 0. The van der Waals surface area contributed by atoms with Crippen molar-refractivity contribution in [2.75, 3.05) is 6.61 Å². The average molecular weight is 406 g/mol. The summed E-state index contributed by atoms with van der Waals surface area (Å²) in [5.41, 5.74) is 3.22. The Kier molecular flexibility index (Phi) is 5.84. The Labute approximate surface area is 170 Å². The van der Waals surface area contributed by atoms with Gasteiger partial charge in [0.05, 0.1) is 12.2 Å². The molecule has 29 heavy (non-hydrogen) atoms. The second-order valence-electron chi connectivity index (χ2n) is 8.19. The molecule has 0 aromatic heterocycles. The zero-order chi connectivity index (χ0) is 21.4. The summed E-state index contributed by atoms with van der Waals surface area (Å²) in [6, 6.07) is 4.00. The molecule has 0 radical (unpaired) electrons. The van der Waals surface area contributed by atoms with Gasteiger partial charge in [0.2, 0.25) is 5.92 Å². The maximum atomic E-state index is 13.9. The first-order chi connectivity index (χ1) is 13.6. The fraction of sp³-hybridized carbons (Fsp3) is 0.565. The quantitative estimate of drug-likeness (QED) is 0.583. The fourth-order valence-corrected chi connectivity index (χ4v) is 4.70. The van der Waals surface area contributed by atoms with Crippen LogP contribution in [0.2, 0.25) is 0 Å². The summed E-state index contributed by atoms with van der Waals surface area (Å²) in [5, 5.41) is 0. The molecule has 2 aliphatic carbocycles. The largest absolute Gasteiger partial charge is 0.513 e. The van der Waals surface area contributed by atoms with Crippen molar-refractivity contribution in [2.24, 2.45) is 5.41 Å². The van der Waals surface area contributed by atoms with Gasteiger partial charge in [-0.1, -0.05) is 24.6 Å². The van der Waals surface area contributed by atoms with Gasteiger partial charge in [0, 0.05) is 24.7 Å². The van der Waals surface area contributed by atoms with Crippen LogP contribution in [0.4, 0.5) is 13.6 Å².